The van der Waals surface area contributed by atoms with Crippen LogP contribution in [0.4, 0.5) is 0 Å². The van der Waals surface area contributed by atoms with E-state index in [0.717, 1.165) is 64.3 Å². The van der Waals surface area contributed by atoms with Crippen LogP contribution in [-0.4, -0.2) is 60.0 Å². The maximum atomic E-state index is 13.2. The summed E-state index contributed by atoms with van der Waals surface area (Å²) in [5.74, 6) is -0.200. The molecule has 0 aliphatic heterocycles. The molecule has 0 aromatic rings. The number of rotatable bonds is 36. The molecule has 5 nitrogen and oxygen atoms in total. The second-order valence-corrected chi connectivity index (χ2v) is 14.7. The number of carbonyl (C=O) groups excluding carboxylic acids is 2. The van der Waals surface area contributed by atoms with E-state index in [0.29, 0.717) is 19.3 Å². The fourth-order valence-electron chi connectivity index (χ4n) is 6.25. The molecule has 5 heteroatoms. The van der Waals surface area contributed by atoms with Gasteiger partial charge in [-0.3, -0.25) is 14.5 Å². The minimum Gasteiger partial charge on any atom is -0.391 e. The Morgan fingerprint density at radius 3 is 1.19 bits per heavy atom. The van der Waals surface area contributed by atoms with Crippen LogP contribution in [0, 0.1) is 0 Å². The molecule has 1 N–H and O–H groups in total. The van der Waals surface area contributed by atoms with Crippen LogP contribution in [0.25, 0.3) is 0 Å². The van der Waals surface area contributed by atoms with Crippen LogP contribution in [0.15, 0.2) is 24.3 Å². The minimum atomic E-state index is -0.652. The lowest BCUT2D eigenvalue weighted by atomic mass is 10.1. The number of aliphatic hydroxyl groups excluding tert-OH is 1. The van der Waals surface area contributed by atoms with Crippen LogP contribution >= 0.6 is 0 Å². The van der Waals surface area contributed by atoms with Crippen LogP contribution in [0.5, 0.6) is 0 Å². The van der Waals surface area contributed by atoms with E-state index >= 15 is 0 Å². The van der Waals surface area contributed by atoms with Gasteiger partial charge in [-0.1, -0.05) is 141 Å². The zero-order chi connectivity index (χ0) is 35.3. The Hall–Kier alpha value is -1.46. The molecule has 2 amide bonds. The molecular formula is C43H82N2O3. The topological polar surface area (TPSA) is 60.9 Å². The highest BCUT2D eigenvalue weighted by molar-refractivity contribution is 5.95. The first-order valence-corrected chi connectivity index (χ1v) is 20.9. The second kappa shape index (κ2) is 36.8. The Morgan fingerprint density at radius 2 is 0.833 bits per heavy atom. The number of allylic oxidation sites excluding steroid dienone is 4. The summed E-state index contributed by atoms with van der Waals surface area (Å²) in [5.41, 5.74) is 0. The number of imide groups is 1. The standard InChI is InChI=1S/C43H82N2O3/c1-5-7-9-11-13-15-17-19-21-23-25-27-29-31-33-37-42(47)45(40-41(46)36-35-39-44(3)4)43(48)38-34-32-30-28-26-24-22-20-18-16-14-12-10-8-6-2/h19-22,41,46H,5-18,23-40H2,1-4H3. The molecule has 0 rings (SSSR count). The summed E-state index contributed by atoms with van der Waals surface area (Å²) in [5, 5.41) is 10.7. The van der Waals surface area contributed by atoms with Crippen LogP contribution in [0.1, 0.15) is 206 Å². The van der Waals surface area contributed by atoms with Gasteiger partial charge in [-0.2, -0.15) is 0 Å². The molecule has 0 heterocycles. The van der Waals surface area contributed by atoms with Crippen molar-refractivity contribution in [2.75, 3.05) is 27.2 Å². The van der Waals surface area contributed by atoms with Gasteiger partial charge in [-0.25, -0.2) is 0 Å². The lowest BCUT2D eigenvalue weighted by Crippen LogP contribution is -2.42. The fraction of sp³-hybridized carbons (Fsp3) is 0.860. The molecule has 0 saturated carbocycles. The summed E-state index contributed by atoms with van der Waals surface area (Å²) in [6.45, 7) is 5.56. The SMILES string of the molecule is CCCCCCCCC=CCCCCCCCC(=O)N(CC(O)CCCN(C)C)C(=O)CCCCCCCC=CCCCCCCCC. The quantitative estimate of drug-likeness (QED) is 0.0531. The van der Waals surface area contributed by atoms with Crippen LogP contribution in [0.2, 0.25) is 0 Å². The Labute approximate surface area is 299 Å². The van der Waals surface area contributed by atoms with E-state index in [9.17, 15) is 14.7 Å². The van der Waals surface area contributed by atoms with Gasteiger partial charge in [0.15, 0.2) is 0 Å². The van der Waals surface area contributed by atoms with Gasteiger partial charge in [0, 0.05) is 12.8 Å². The molecule has 0 bridgehead atoms. The number of hydrogen-bond acceptors (Lipinski definition) is 4. The van der Waals surface area contributed by atoms with Crippen molar-refractivity contribution in [3.63, 3.8) is 0 Å². The summed E-state index contributed by atoms with van der Waals surface area (Å²) in [7, 11) is 4.04. The van der Waals surface area contributed by atoms with Crippen molar-refractivity contribution in [3.05, 3.63) is 24.3 Å². The molecule has 0 saturated heterocycles. The molecule has 0 aromatic heterocycles. The van der Waals surface area contributed by atoms with Crippen LogP contribution < -0.4 is 0 Å². The van der Waals surface area contributed by atoms with E-state index in [1.54, 1.807) is 0 Å². The van der Waals surface area contributed by atoms with E-state index in [1.807, 2.05) is 14.1 Å². The first-order chi connectivity index (χ1) is 23.4. The Morgan fingerprint density at radius 1 is 0.500 bits per heavy atom. The fourth-order valence-corrected chi connectivity index (χ4v) is 6.25. The monoisotopic (exact) mass is 675 g/mol. The van der Waals surface area contributed by atoms with Gasteiger partial charge in [0.05, 0.1) is 12.6 Å². The van der Waals surface area contributed by atoms with Gasteiger partial charge < -0.3 is 10.0 Å². The Kier molecular flexibility index (Phi) is 35.7. The molecule has 1 atom stereocenters. The van der Waals surface area contributed by atoms with Gasteiger partial charge in [0.2, 0.25) is 11.8 Å². The molecule has 0 aliphatic rings. The smallest absolute Gasteiger partial charge is 0.229 e. The normalized spacial score (nSPS) is 12.5. The number of unbranched alkanes of at least 4 members (excludes halogenated alkanes) is 22. The zero-order valence-electron chi connectivity index (χ0n) is 32.7. The molecular weight excluding hydrogens is 592 g/mol. The summed E-state index contributed by atoms with van der Waals surface area (Å²) in [6, 6.07) is 0. The molecule has 0 aromatic carbocycles. The Bertz CT molecular complexity index is 711. The van der Waals surface area contributed by atoms with E-state index in [1.165, 1.54) is 120 Å². The minimum absolute atomic E-state index is 0.1000. The van der Waals surface area contributed by atoms with E-state index < -0.39 is 6.10 Å². The number of amides is 2. The van der Waals surface area contributed by atoms with Gasteiger partial charge >= 0.3 is 0 Å². The Balaban J connectivity index is 4.25. The van der Waals surface area contributed by atoms with E-state index in [4.69, 9.17) is 0 Å². The third-order valence-electron chi connectivity index (χ3n) is 9.44. The lowest BCUT2D eigenvalue weighted by molar-refractivity contribution is -0.146. The van der Waals surface area contributed by atoms with Crippen LogP contribution in [0.3, 0.4) is 0 Å². The lowest BCUT2D eigenvalue weighted by Gasteiger charge is -2.24. The highest BCUT2D eigenvalue weighted by Gasteiger charge is 2.23. The largest absolute Gasteiger partial charge is 0.391 e. The average molecular weight is 675 g/mol. The molecule has 0 fully saturated rings. The first kappa shape index (κ1) is 46.5. The molecule has 0 radical (unpaired) electrons. The van der Waals surface area contributed by atoms with Gasteiger partial charge in [0.1, 0.15) is 0 Å². The van der Waals surface area contributed by atoms with Crippen molar-refractivity contribution in [3.8, 4) is 0 Å². The number of aliphatic hydroxyl groups is 1. The van der Waals surface area contributed by atoms with Crippen molar-refractivity contribution in [2.45, 2.75) is 213 Å². The third kappa shape index (κ3) is 33.1. The maximum absolute atomic E-state index is 13.2. The van der Waals surface area contributed by atoms with Crippen molar-refractivity contribution in [1.29, 1.82) is 0 Å². The van der Waals surface area contributed by atoms with Crippen LogP contribution in [-0.2, 0) is 9.59 Å². The van der Waals surface area contributed by atoms with Crippen molar-refractivity contribution >= 4 is 11.8 Å². The van der Waals surface area contributed by atoms with E-state index in [-0.39, 0.29) is 18.4 Å². The summed E-state index contributed by atoms with van der Waals surface area (Å²) >= 11 is 0. The highest BCUT2D eigenvalue weighted by Crippen LogP contribution is 2.15. The molecule has 1 unspecified atom stereocenters. The number of hydrogen-bond donors (Lipinski definition) is 1. The third-order valence-corrected chi connectivity index (χ3v) is 9.44. The number of carbonyl (C=O) groups is 2. The summed E-state index contributed by atoms with van der Waals surface area (Å²) < 4.78 is 0. The van der Waals surface area contributed by atoms with E-state index in [2.05, 4.69) is 43.1 Å². The predicted octanol–water partition coefficient (Wildman–Crippen LogP) is 12.1. The maximum Gasteiger partial charge on any atom is 0.229 e. The van der Waals surface area contributed by atoms with Gasteiger partial charge in [-0.05, 0) is 97.7 Å². The molecule has 0 spiro atoms. The van der Waals surface area contributed by atoms with Crippen molar-refractivity contribution in [1.82, 2.24) is 9.80 Å². The van der Waals surface area contributed by atoms with Crippen molar-refractivity contribution < 1.29 is 14.7 Å². The average Bonchev–Trinajstić information content (AvgIpc) is 3.06. The highest BCUT2D eigenvalue weighted by atomic mass is 16.3. The molecule has 0 aliphatic carbocycles. The van der Waals surface area contributed by atoms with Gasteiger partial charge in [0.25, 0.3) is 0 Å². The second-order valence-electron chi connectivity index (χ2n) is 14.7. The number of nitrogens with zero attached hydrogens (tertiary/aromatic N) is 2. The zero-order valence-corrected chi connectivity index (χ0v) is 32.7. The molecule has 48 heavy (non-hydrogen) atoms. The first-order valence-electron chi connectivity index (χ1n) is 20.9. The predicted molar refractivity (Wildman–Crippen MR) is 209 cm³/mol. The van der Waals surface area contributed by atoms with Crippen molar-refractivity contribution in [2.24, 2.45) is 0 Å². The summed E-state index contributed by atoms with van der Waals surface area (Å²) in [4.78, 5) is 29.8. The van der Waals surface area contributed by atoms with Gasteiger partial charge in [-0.15, -0.1) is 0 Å². The summed E-state index contributed by atoms with van der Waals surface area (Å²) in [6.07, 6.45) is 42.8. The molecule has 282 valence electrons.